The van der Waals surface area contributed by atoms with Gasteiger partial charge in [-0.2, -0.15) is 0 Å². The van der Waals surface area contributed by atoms with E-state index in [0.717, 1.165) is 49.9 Å². The van der Waals surface area contributed by atoms with Crippen LogP contribution in [0.5, 0.6) is 11.5 Å². The molecule has 1 heterocycles. The van der Waals surface area contributed by atoms with Crippen molar-refractivity contribution in [2.24, 2.45) is 5.92 Å². The third-order valence-corrected chi connectivity index (χ3v) is 5.61. The Labute approximate surface area is 143 Å². The van der Waals surface area contributed by atoms with Crippen LogP contribution in [0.2, 0.25) is 0 Å². The molecule has 6 nitrogen and oxygen atoms in total. The molecule has 1 fully saturated rings. The largest absolute Gasteiger partial charge is 0.524 e. The Morgan fingerprint density at radius 2 is 2.12 bits per heavy atom. The summed E-state index contributed by atoms with van der Waals surface area (Å²) in [6.45, 7) is 4.46. The van der Waals surface area contributed by atoms with E-state index in [1.165, 1.54) is 13.5 Å². The first-order valence-corrected chi connectivity index (χ1v) is 10.1. The molecule has 3 rings (SSSR count). The van der Waals surface area contributed by atoms with Crippen LogP contribution in [0.15, 0.2) is 12.1 Å². The molecule has 0 bridgehead atoms. The molecule has 1 aliphatic heterocycles. The van der Waals surface area contributed by atoms with E-state index in [-0.39, 0.29) is 5.75 Å². The Bertz CT molecular complexity index is 642. The van der Waals surface area contributed by atoms with Crippen LogP contribution in [-0.4, -0.2) is 40.9 Å². The Hall–Kier alpha value is -1.07. The van der Waals surface area contributed by atoms with Crippen molar-refractivity contribution in [2.75, 3.05) is 20.2 Å². The Kier molecular flexibility index (Phi) is 5.21. The van der Waals surface area contributed by atoms with Crippen molar-refractivity contribution in [3.8, 4) is 11.5 Å². The fraction of sp³-hybridized carbons (Fsp3) is 0.647. The summed E-state index contributed by atoms with van der Waals surface area (Å²) < 4.78 is 21.7. The lowest BCUT2D eigenvalue weighted by Crippen LogP contribution is -2.49. The molecule has 0 amide bonds. The summed E-state index contributed by atoms with van der Waals surface area (Å²) in [5.74, 6) is 1.11. The predicted molar refractivity (Wildman–Crippen MR) is 91.5 cm³/mol. The zero-order valence-corrected chi connectivity index (χ0v) is 15.2. The molecule has 0 saturated carbocycles. The van der Waals surface area contributed by atoms with Gasteiger partial charge in [0.15, 0.2) is 11.5 Å². The number of phosphoric acid groups is 1. The standard InChI is InChI=1S/C17H26NO5P/c1-3-8-18-9-4-5-13-10-14-12(11-15(13)18)6-7-16(22-2)17(14)23-24(19,20)21/h6-7,13,15H,3-5,8-11H2,1-2H3,(H2,19,20,21)/t13-,15-/m1/s1. The summed E-state index contributed by atoms with van der Waals surface area (Å²) in [4.78, 5) is 21.1. The third-order valence-electron chi connectivity index (χ3n) is 5.19. The zero-order valence-electron chi connectivity index (χ0n) is 14.3. The maximum absolute atomic E-state index is 11.4. The van der Waals surface area contributed by atoms with Gasteiger partial charge in [0.1, 0.15) is 0 Å². The van der Waals surface area contributed by atoms with Crippen molar-refractivity contribution in [3.63, 3.8) is 0 Å². The number of nitrogens with zero attached hydrogens (tertiary/aromatic N) is 1. The fourth-order valence-electron chi connectivity index (χ4n) is 4.24. The maximum Gasteiger partial charge on any atom is 0.524 e. The van der Waals surface area contributed by atoms with E-state index >= 15 is 0 Å². The Morgan fingerprint density at radius 3 is 2.79 bits per heavy atom. The first-order valence-electron chi connectivity index (χ1n) is 8.61. The molecule has 1 aliphatic carbocycles. The lowest BCUT2D eigenvalue weighted by Gasteiger charge is -2.45. The topological polar surface area (TPSA) is 79.2 Å². The van der Waals surface area contributed by atoms with Crippen LogP contribution in [0.1, 0.15) is 37.3 Å². The number of methoxy groups -OCH3 is 1. The zero-order chi connectivity index (χ0) is 17.3. The summed E-state index contributed by atoms with van der Waals surface area (Å²) in [7, 11) is -3.13. The highest BCUT2D eigenvalue weighted by atomic mass is 31.2. The minimum atomic E-state index is -4.62. The second-order valence-corrected chi connectivity index (χ2v) is 7.89. The number of rotatable bonds is 5. The van der Waals surface area contributed by atoms with Crippen molar-refractivity contribution in [3.05, 3.63) is 23.3 Å². The van der Waals surface area contributed by atoms with Gasteiger partial charge in [-0.05, 0) is 62.7 Å². The number of likely N-dealkylation sites (tertiary alicyclic amines) is 1. The molecule has 1 aromatic carbocycles. The van der Waals surface area contributed by atoms with Gasteiger partial charge in [0.2, 0.25) is 0 Å². The first kappa shape index (κ1) is 17.7. The van der Waals surface area contributed by atoms with Gasteiger partial charge in [-0.1, -0.05) is 13.0 Å². The lowest BCUT2D eigenvalue weighted by molar-refractivity contribution is 0.0849. The summed E-state index contributed by atoms with van der Waals surface area (Å²) >= 11 is 0. The SMILES string of the molecule is CCCN1CCC[C@@H]2Cc3c(ccc(OC)c3OP(=O)(O)O)C[C@H]21. The highest BCUT2D eigenvalue weighted by Crippen LogP contribution is 2.48. The van der Waals surface area contributed by atoms with Gasteiger partial charge in [0.05, 0.1) is 7.11 Å². The van der Waals surface area contributed by atoms with Gasteiger partial charge in [-0.15, -0.1) is 0 Å². The fourth-order valence-corrected chi connectivity index (χ4v) is 4.68. The average Bonchev–Trinajstić information content (AvgIpc) is 2.53. The van der Waals surface area contributed by atoms with Crippen molar-refractivity contribution in [1.82, 2.24) is 4.90 Å². The van der Waals surface area contributed by atoms with E-state index in [1.54, 1.807) is 6.07 Å². The van der Waals surface area contributed by atoms with Crippen LogP contribution >= 0.6 is 7.82 Å². The van der Waals surface area contributed by atoms with Gasteiger partial charge in [0.25, 0.3) is 0 Å². The number of fused-ring (bicyclic) bond motifs is 2. The smallest absolute Gasteiger partial charge is 0.493 e. The third kappa shape index (κ3) is 3.62. The Balaban J connectivity index is 1.96. The van der Waals surface area contributed by atoms with Crippen molar-refractivity contribution >= 4 is 7.82 Å². The number of hydrogen-bond donors (Lipinski definition) is 2. The van der Waals surface area contributed by atoms with E-state index in [1.807, 2.05) is 6.07 Å². The molecule has 1 saturated heterocycles. The van der Waals surface area contributed by atoms with E-state index < -0.39 is 7.82 Å². The van der Waals surface area contributed by atoms with Gasteiger partial charge in [-0.3, -0.25) is 14.7 Å². The monoisotopic (exact) mass is 355 g/mol. The molecule has 0 radical (unpaired) electrons. The number of benzene rings is 1. The van der Waals surface area contributed by atoms with Crippen LogP contribution in [0.25, 0.3) is 0 Å². The molecule has 2 atom stereocenters. The molecular weight excluding hydrogens is 329 g/mol. The van der Waals surface area contributed by atoms with Gasteiger partial charge in [0, 0.05) is 11.6 Å². The second kappa shape index (κ2) is 7.04. The Morgan fingerprint density at radius 1 is 1.33 bits per heavy atom. The summed E-state index contributed by atoms with van der Waals surface area (Å²) in [5, 5.41) is 0. The summed E-state index contributed by atoms with van der Waals surface area (Å²) in [6.07, 6.45) is 5.16. The molecule has 7 heteroatoms. The highest BCUT2D eigenvalue weighted by Gasteiger charge is 2.37. The van der Waals surface area contributed by atoms with E-state index in [9.17, 15) is 14.4 Å². The quantitative estimate of drug-likeness (QED) is 0.791. The van der Waals surface area contributed by atoms with Crippen molar-refractivity contribution in [2.45, 2.75) is 45.1 Å². The first-order chi connectivity index (χ1) is 11.4. The lowest BCUT2D eigenvalue weighted by atomic mass is 9.75. The van der Waals surface area contributed by atoms with E-state index in [4.69, 9.17) is 9.26 Å². The van der Waals surface area contributed by atoms with Crippen LogP contribution in [-0.2, 0) is 17.4 Å². The van der Waals surface area contributed by atoms with Gasteiger partial charge in [-0.25, -0.2) is 4.57 Å². The average molecular weight is 355 g/mol. The van der Waals surface area contributed by atoms with E-state index in [0.29, 0.717) is 17.7 Å². The number of piperidine rings is 1. The second-order valence-electron chi connectivity index (χ2n) is 6.73. The number of phosphoric ester groups is 1. The van der Waals surface area contributed by atoms with Crippen molar-refractivity contribution in [1.29, 1.82) is 0 Å². The molecule has 2 N–H and O–H groups in total. The predicted octanol–water partition coefficient (Wildman–Crippen LogP) is 2.76. The molecule has 2 aliphatic rings. The molecule has 0 spiro atoms. The minimum absolute atomic E-state index is 0.217. The summed E-state index contributed by atoms with van der Waals surface area (Å²) in [5.41, 5.74) is 2.01. The molecule has 0 aromatic heterocycles. The maximum atomic E-state index is 11.4. The molecule has 0 unspecified atom stereocenters. The molecular formula is C17H26NO5P. The van der Waals surface area contributed by atoms with Crippen LogP contribution in [0, 0.1) is 5.92 Å². The molecule has 1 aromatic rings. The van der Waals surface area contributed by atoms with Gasteiger partial charge >= 0.3 is 7.82 Å². The number of ether oxygens (including phenoxy) is 1. The molecule has 24 heavy (non-hydrogen) atoms. The summed E-state index contributed by atoms with van der Waals surface area (Å²) in [6, 6.07) is 4.27. The van der Waals surface area contributed by atoms with Crippen LogP contribution < -0.4 is 9.26 Å². The number of hydrogen-bond acceptors (Lipinski definition) is 4. The highest BCUT2D eigenvalue weighted by molar-refractivity contribution is 7.46. The molecule has 134 valence electrons. The normalized spacial score (nSPS) is 24.2. The van der Waals surface area contributed by atoms with Crippen LogP contribution in [0.4, 0.5) is 0 Å². The minimum Gasteiger partial charge on any atom is -0.493 e. The van der Waals surface area contributed by atoms with E-state index in [2.05, 4.69) is 11.8 Å². The van der Waals surface area contributed by atoms with Crippen LogP contribution in [0.3, 0.4) is 0 Å². The van der Waals surface area contributed by atoms with Crippen molar-refractivity contribution < 1.29 is 23.6 Å². The van der Waals surface area contributed by atoms with Gasteiger partial charge < -0.3 is 9.26 Å².